The smallest absolute Gasteiger partial charge is 0.220 e. The Morgan fingerprint density at radius 1 is 0.443 bits per heavy atom. The van der Waals surface area contributed by atoms with Crippen molar-refractivity contribution in [3.63, 3.8) is 0 Å². The van der Waals surface area contributed by atoms with Crippen LogP contribution >= 0.6 is 0 Å². The molecule has 3 aliphatic rings. The van der Waals surface area contributed by atoms with Crippen LogP contribution in [0.4, 0.5) is 0 Å². The summed E-state index contributed by atoms with van der Waals surface area (Å²) in [4.78, 5) is 13.2. The third-order valence-corrected chi connectivity index (χ3v) is 16.1. The molecular formula is C60H113NO18. The second-order valence-electron chi connectivity index (χ2n) is 22.9. The summed E-state index contributed by atoms with van der Waals surface area (Å²) >= 11 is 0. The van der Waals surface area contributed by atoms with Crippen LogP contribution in [0.2, 0.25) is 0 Å². The van der Waals surface area contributed by atoms with Gasteiger partial charge < -0.3 is 89.9 Å². The molecular weight excluding hydrogens is 1020 g/mol. The molecule has 3 rings (SSSR count). The van der Waals surface area contributed by atoms with Crippen molar-refractivity contribution in [2.75, 3.05) is 26.4 Å². The largest absolute Gasteiger partial charge is 0.394 e. The van der Waals surface area contributed by atoms with Crippen LogP contribution < -0.4 is 5.32 Å². The summed E-state index contributed by atoms with van der Waals surface area (Å²) in [7, 11) is 0. The number of amides is 1. The summed E-state index contributed by atoms with van der Waals surface area (Å²) in [6.07, 6.45) is 17.9. The van der Waals surface area contributed by atoms with Crippen LogP contribution in [-0.2, 0) is 33.2 Å². The number of carbonyl (C=O) groups is 1. The molecule has 1 amide bonds. The molecule has 0 radical (unpaired) electrons. The number of unbranched alkanes of at least 4 members (excludes halogenated alkanes) is 31. The van der Waals surface area contributed by atoms with Crippen molar-refractivity contribution in [1.29, 1.82) is 0 Å². The van der Waals surface area contributed by atoms with E-state index in [4.69, 9.17) is 28.4 Å². The van der Waals surface area contributed by atoms with E-state index in [0.29, 0.717) is 6.42 Å². The van der Waals surface area contributed by atoms with Crippen molar-refractivity contribution in [2.45, 2.75) is 336 Å². The molecule has 0 aromatic rings. The quantitative estimate of drug-likeness (QED) is 0.0240. The standard InChI is InChI=1S/C60H113NO18/c1-3-5-7-9-11-13-14-15-16-17-18-19-20-21-22-23-24-25-26-27-28-30-31-33-35-37-44(65)43(61-48(66)38-36-34-32-29-12-10-8-6-4-2)42-74-58-54(72)51(69)56(46(40-63)76-58)79-60-55(73)52(70)57(47(41-64)77-60)78-59-53(71)50(68)49(67)45(39-62)75-59/h35,37,43-47,49-60,62-65,67-73H,3-34,36,38-42H2,1-2H3,(H,61,66)/b37-35+. The van der Waals surface area contributed by atoms with E-state index in [1.54, 1.807) is 6.08 Å². The van der Waals surface area contributed by atoms with Crippen molar-refractivity contribution in [3.05, 3.63) is 12.2 Å². The molecule has 466 valence electrons. The van der Waals surface area contributed by atoms with Crippen molar-refractivity contribution in [2.24, 2.45) is 0 Å². The van der Waals surface area contributed by atoms with Gasteiger partial charge in [0.05, 0.1) is 38.6 Å². The molecule has 17 unspecified atom stereocenters. The number of allylic oxidation sites excluding steroid dienone is 1. The van der Waals surface area contributed by atoms with Gasteiger partial charge in [0.25, 0.3) is 0 Å². The molecule has 12 N–H and O–H groups in total. The van der Waals surface area contributed by atoms with Gasteiger partial charge in [-0.05, 0) is 19.3 Å². The first-order valence-electron chi connectivity index (χ1n) is 31.4. The Morgan fingerprint density at radius 2 is 0.785 bits per heavy atom. The molecule has 3 saturated heterocycles. The van der Waals surface area contributed by atoms with Crippen LogP contribution in [0.15, 0.2) is 12.2 Å². The predicted molar refractivity (Wildman–Crippen MR) is 300 cm³/mol. The van der Waals surface area contributed by atoms with Crippen LogP contribution in [-0.4, -0.2) is 193 Å². The fourth-order valence-corrected chi connectivity index (χ4v) is 10.9. The lowest BCUT2D eigenvalue weighted by molar-refractivity contribution is -0.379. The van der Waals surface area contributed by atoms with E-state index in [0.717, 1.165) is 44.9 Å². The zero-order chi connectivity index (χ0) is 57.6. The minimum Gasteiger partial charge on any atom is -0.394 e. The number of hydrogen-bond acceptors (Lipinski definition) is 18. The molecule has 0 aliphatic carbocycles. The van der Waals surface area contributed by atoms with Crippen LogP contribution in [0, 0.1) is 0 Å². The zero-order valence-electron chi connectivity index (χ0n) is 48.6. The number of aliphatic hydroxyl groups excluding tert-OH is 11. The zero-order valence-corrected chi connectivity index (χ0v) is 48.6. The molecule has 79 heavy (non-hydrogen) atoms. The van der Waals surface area contributed by atoms with E-state index >= 15 is 0 Å². The van der Waals surface area contributed by atoms with Gasteiger partial charge in [0, 0.05) is 6.42 Å². The Kier molecular flexibility index (Phi) is 40.1. The third kappa shape index (κ3) is 27.9. The highest BCUT2D eigenvalue weighted by Gasteiger charge is 2.53. The number of aliphatic hydroxyl groups is 11. The van der Waals surface area contributed by atoms with Gasteiger partial charge in [0.15, 0.2) is 18.9 Å². The lowest BCUT2D eigenvalue weighted by Crippen LogP contribution is -2.66. The number of ether oxygens (including phenoxy) is 6. The number of carbonyl (C=O) groups excluding carboxylic acids is 1. The average Bonchev–Trinajstić information content (AvgIpc) is 3.55. The summed E-state index contributed by atoms with van der Waals surface area (Å²) < 4.78 is 34.2. The van der Waals surface area contributed by atoms with Crippen LogP contribution in [0.3, 0.4) is 0 Å². The van der Waals surface area contributed by atoms with Gasteiger partial charge in [-0.1, -0.05) is 219 Å². The minimum absolute atomic E-state index is 0.247. The van der Waals surface area contributed by atoms with Gasteiger partial charge in [0.2, 0.25) is 5.91 Å². The highest BCUT2D eigenvalue weighted by atomic mass is 16.8. The minimum atomic E-state index is -1.97. The van der Waals surface area contributed by atoms with E-state index in [1.165, 1.54) is 161 Å². The monoisotopic (exact) mass is 1140 g/mol. The summed E-state index contributed by atoms with van der Waals surface area (Å²) in [6.45, 7) is 1.71. The fourth-order valence-electron chi connectivity index (χ4n) is 10.9. The van der Waals surface area contributed by atoms with Gasteiger partial charge in [-0.2, -0.15) is 0 Å². The maximum atomic E-state index is 13.2. The summed E-state index contributed by atoms with van der Waals surface area (Å²) in [5.41, 5.74) is 0. The summed E-state index contributed by atoms with van der Waals surface area (Å²) in [5.74, 6) is -0.277. The maximum absolute atomic E-state index is 13.2. The molecule has 0 aromatic carbocycles. The number of hydrogen-bond donors (Lipinski definition) is 12. The predicted octanol–water partition coefficient (Wildman–Crippen LogP) is 6.16. The molecule has 3 aliphatic heterocycles. The molecule has 0 saturated carbocycles. The second kappa shape index (κ2) is 44.1. The van der Waals surface area contributed by atoms with Crippen molar-refractivity contribution >= 4 is 5.91 Å². The Hall–Kier alpha value is -1.47. The van der Waals surface area contributed by atoms with E-state index < -0.39 is 124 Å². The van der Waals surface area contributed by atoms with Crippen LogP contribution in [0.5, 0.6) is 0 Å². The third-order valence-electron chi connectivity index (χ3n) is 16.1. The molecule has 19 heteroatoms. The van der Waals surface area contributed by atoms with Gasteiger partial charge in [-0.15, -0.1) is 0 Å². The lowest BCUT2D eigenvalue weighted by atomic mass is 9.96. The lowest BCUT2D eigenvalue weighted by Gasteiger charge is -2.48. The Morgan fingerprint density at radius 3 is 1.19 bits per heavy atom. The SMILES string of the molecule is CCCCCCCCCCCCCCCCCCCCCCCCC/C=C/C(O)C(COC1OC(CO)C(OC2OC(CO)C(OC3OC(CO)C(O)C(O)C3O)C(O)C2O)C(O)C1O)NC(=O)CCCCCCCCCCC. The fraction of sp³-hybridized carbons (Fsp3) is 0.950. The van der Waals surface area contributed by atoms with Crippen LogP contribution in [0.25, 0.3) is 0 Å². The van der Waals surface area contributed by atoms with Crippen molar-refractivity contribution in [1.82, 2.24) is 5.32 Å². The molecule has 0 bridgehead atoms. The second-order valence-corrected chi connectivity index (χ2v) is 22.9. The number of rotatable bonds is 47. The van der Waals surface area contributed by atoms with Crippen molar-refractivity contribution < 1.29 is 89.4 Å². The molecule has 0 spiro atoms. The van der Waals surface area contributed by atoms with Gasteiger partial charge in [0.1, 0.15) is 73.2 Å². The average molecular weight is 1140 g/mol. The Labute approximate surface area is 474 Å². The van der Waals surface area contributed by atoms with Crippen LogP contribution in [0.1, 0.15) is 232 Å². The first-order chi connectivity index (χ1) is 38.3. The molecule has 17 atom stereocenters. The summed E-state index contributed by atoms with van der Waals surface area (Å²) in [5, 5.41) is 120. The topological polar surface area (TPSA) is 307 Å². The maximum Gasteiger partial charge on any atom is 0.220 e. The molecule has 3 fully saturated rings. The Bertz CT molecular complexity index is 1500. The van der Waals surface area contributed by atoms with Gasteiger partial charge in [-0.3, -0.25) is 4.79 Å². The van der Waals surface area contributed by atoms with Crippen molar-refractivity contribution in [3.8, 4) is 0 Å². The molecule has 0 aromatic heterocycles. The van der Waals surface area contributed by atoms with Gasteiger partial charge in [-0.25, -0.2) is 0 Å². The van der Waals surface area contributed by atoms with E-state index in [1.807, 2.05) is 6.08 Å². The van der Waals surface area contributed by atoms with Gasteiger partial charge >= 0.3 is 0 Å². The summed E-state index contributed by atoms with van der Waals surface area (Å²) in [6, 6.07) is -0.966. The van der Waals surface area contributed by atoms with E-state index in [-0.39, 0.29) is 18.9 Å². The highest BCUT2D eigenvalue weighted by molar-refractivity contribution is 5.76. The Balaban J connectivity index is 1.43. The number of nitrogens with one attached hydrogen (secondary N) is 1. The molecule has 19 nitrogen and oxygen atoms in total. The highest BCUT2D eigenvalue weighted by Crippen LogP contribution is 2.33. The van der Waals surface area contributed by atoms with E-state index in [9.17, 15) is 61.0 Å². The van der Waals surface area contributed by atoms with E-state index in [2.05, 4.69) is 19.2 Å². The molecule has 3 heterocycles. The first kappa shape index (κ1) is 71.8. The first-order valence-corrected chi connectivity index (χ1v) is 31.4. The normalized spacial score (nSPS) is 30.3.